The van der Waals surface area contributed by atoms with E-state index in [-0.39, 0.29) is 11.4 Å². The molecule has 0 aliphatic carbocycles. The van der Waals surface area contributed by atoms with Gasteiger partial charge in [-0.2, -0.15) is 5.10 Å². The molecule has 0 amide bonds. The number of H-pyrrole nitrogens is 1. The number of nitrogens with two attached hydrogens (primary N) is 1. The predicted octanol–water partition coefficient (Wildman–Crippen LogP) is 0.216. The Hall–Kier alpha value is -1.93. The van der Waals surface area contributed by atoms with Crippen LogP contribution in [0.2, 0.25) is 0 Å². The summed E-state index contributed by atoms with van der Waals surface area (Å²) in [4.78, 5) is 4.07. The summed E-state index contributed by atoms with van der Waals surface area (Å²) in [6.45, 7) is 2.06. The lowest BCUT2D eigenvalue weighted by atomic mass is 10.2. The van der Waals surface area contributed by atoms with Gasteiger partial charge >= 0.3 is 0 Å². The molecule has 0 aliphatic rings. The number of aryl methyl sites for hydroxylation is 1. The number of nitrogens with zero attached hydrogens (tertiary/aromatic N) is 2. The van der Waals surface area contributed by atoms with E-state index < -0.39 is 10.0 Å². The second kappa shape index (κ2) is 5.37. The van der Waals surface area contributed by atoms with Crippen LogP contribution in [0.3, 0.4) is 0 Å². The normalized spacial score (nSPS) is 11.6. The third kappa shape index (κ3) is 3.30. The second-order valence-corrected chi connectivity index (χ2v) is 5.87. The highest BCUT2D eigenvalue weighted by molar-refractivity contribution is 7.89. The zero-order valence-corrected chi connectivity index (χ0v) is 11.2. The first-order chi connectivity index (χ1) is 8.99. The first-order valence-electron chi connectivity index (χ1n) is 5.69. The molecule has 7 nitrogen and oxygen atoms in total. The van der Waals surface area contributed by atoms with Gasteiger partial charge in [0.1, 0.15) is 12.2 Å². The molecule has 0 fully saturated rings. The van der Waals surface area contributed by atoms with Gasteiger partial charge in [-0.15, -0.1) is 0 Å². The fraction of sp³-hybridized carbons (Fsp3) is 0.273. The van der Waals surface area contributed by atoms with Crippen molar-refractivity contribution in [3.05, 3.63) is 35.9 Å². The van der Waals surface area contributed by atoms with Crippen LogP contribution in [0, 0.1) is 6.92 Å². The molecule has 4 N–H and O–H groups in total. The number of nitrogen functional groups attached to an aromatic ring is 1. The monoisotopic (exact) mass is 281 g/mol. The highest BCUT2D eigenvalue weighted by Gasteiger charge is 2.14. The Kier molecular flexibility index (Phi) is 3.82. The Labute approximate surface area is 111 Å². The van der Waals surface area contributed by atoms with Gasteiger partial charge in [0, 0.05) is 18.7 Å². The highest BCUT2D eigenvalue weighted by Crippen LogP contribution is 2.16. The molecule has 0 saturated carbocycles. The first kappa shape index (κ1) is 13.5. The van der Waals surface area contributed by atoms with E-state index in [1.165, 1.54) is 18.5 Å². The van der Waals surface area contributed by atoms with E-state index in [1.807, 2.05) is 6.92 Å². The Bertz CT molecular complexity index is 652. The Morgan fingerprint density at radius 1 is 1.42 bits per heavy atom. The Morgan fingerprint density at radius 2 is 2.21 bits per heavy atom. The van der Waals surface area contributed by atoms with Crippen molar-refractivity contribution in [1.82, 2.24) is 19.9 Å². The van der Waals surface area contributed by atoms with E-state index in [2.05, 4.69) is 19.9 Å². The number of hydrogen-bond acceptors (Lipinski definition) is 5. The smallest absolute Gasteiger partial charge is 0.240 e. The molecule has 1 aromatic carbocycles. The molecule has 0 saturated heterocycles. The van der Waals surface area contributed by atoms with Gasteiger partial charge in [-0.3, -0.25) is 5.10 Å². The fourth-order valence-corrected chi connectivity index (χ4v) is 2.59. The van der Waals surface area contributed by atoms with Gasteiger partial charge in [-0.05, 0) is 24.6 Å². The molecule has 19 heavy (non-hydrogen) atoms. The van der Waals surface area contributed by atoms with Gasteiger partial charge in [-0.1, -0.05) is 6.07 Å². The average Bonchev–Trinajstić information content (AvgIpc) is 2.85. The third-order valence-electron chi connectivity index (χ3n) is 2.68. The van der Waals surface area contributed by atoms with Crippen molar-refractivity contribution in [1.29, 1.82) is 0 Å². The minimum atomic E-state index is -3.54. The van der Waals surface area contributed by atoms with Crippen molar-refractivity contribution in [3.8, 4) is 0 Å². The van der Waals surface area contributed by atoms with Crippen molar-refractivity contribution in [2.75, 3.05) is 12.3 Å². The lowest BCUT2D eigenvalue weighted by Crippen LogP contribution is -2.26. The van der Waals surface area contributed by atoms with E-state index >= 15 is 0 Å². The van der Waals surface area contributed by atoms with Crippen molar-refractivity contribution < 1.29 is 8.42 Å². The molecule has 1 aromatic heterocycles. The SMILES string of the molecule is Cc1ccc(S(=O)(=O)NCCc2ncn[nH]2)cc1N. The van der Waals surface area contributed by atoms with Crippen LogP contribution in [0.15, 0.2) is 29.4 Å². The summed E-state index contributed by atoms with van der Waals surface area (Å²) in [7, 11) is -3.54. The number of benzene rings is 1. The van der Waals surface area contributed by atoms with Crippen LogP contribution < -0.4 is 10.5 Å². The largest absolute Gasteiger partial charge is 0.398 e. The molecule has 0 atom stereocenters. The number of sulfonamides is 1. The number of aromatic amines is 1. The summed E-state index contributed by atoms with van der Waals surface area (Å²) in [6.07, 6.45) is 1.82. The highest BCUT2D eigenvalue weighted by atomic mass is 32.2. The summed E-state index contributed by atoms with van der Waals surface area (Å²) in [5.74, 6) is 0.631. The van der Waals surface area contributed by atoms with Crippen LogP contribution in [0.25, 0.3) is 0 Å². The van der Waals surface area contributed by atoms with E-state index in [4.69, 9.17) is 5.73 Å². The maximum Gasteiger partial charge on any atom is 0.240 e. The fourth-order valence-electron chi connectivity index (χ4n) is 1.52. The van der Waals surface area contributed by atoms with Gasteiger partial charge in [0.15, 0.2) is 0 Å². The van der Waals surface area contributed by atoms with Crippen LogP contribution in [-0.2, 0) is 16.4 Å². The van der Waals surface area contributed by atoms with E-state index in [0.717, 1.165) is 5.56 Å². The van der Waals surface area contributed by atoms with Crippen molar-refractivity contribution in [2.24, 2.45) is 0 Å². The molecule has 2 aromatic rings. The van der Waals surface area contributed by atoms with Crippen LogP contribution in [-0.4, -0.2) is 30.1 Å². The number of anilines is 1. The molecule has 8 heteroatoms. The Morgan fingerprint density at radius 3 is 2.84 bits per heavy atom. The Balaban J connectivity index is 2.03. The molecule has 102 valence electrons. The number of rotatable bonds is 5. The molecule has 0 unspecified atom stereocenters. The number of nitrogens with one attached hydrogen (secondary N) is 2. The lowest BCUT2D eigenvalue weighted by Gasteiger charge is -2.07. The molecule has 2 rings (SSSR count). The summed E-state index contributed by atoms with van der Waals surface area (Å²) in [5, 5.41) is 6.35. The topological polar surface area (TPSA) is 114 Å². The van der Waals surface area contributed by atoms with E-state index in [1.54, 1.807) is 6.07 Å². The minimum absolute atomic E-state index is 0.160. The van der Waals surface area contributed by atoms with Crippen molar-refractivity contribution >= 4 is 15.7 Å². The van der Waals surface area contributed by atoms with E-state index in [0.29, 0.717) is 17.9 Å². The lowest BCUT2D eigenvalue weighted by molar-refractivity contribution is 0.581. The van der Waals surface area contributed by atoms with Crippen LogP contribution in [0.4, 0.5) is 5.69 Å². The van der Waals surface area contributed by atoms with Crippen molar-refractivity contribution in [3.63, 3.8) is 0 Å². The third-order valence-corrected chi connectivity index (χ3v) is 4.14. The van der Waals surface area contributed by atoms with Gasteiger partial charge in [0.2, 0.25) is 10.0 Å². The molecule has 0 spiro atoms. The zero-order valence-electron chi connectivity index (χ0n) is 10.4. The predicted molar refractivity (Wildman–Crippen MR) is 70.9 cm³/mol. The first-order valence-corrected chi connectivity index (χ1v) is 7.17. The standard InChI is InChI=1S/C11H15N5O2S/c1-8-2-3-9(6-10(8)12)19(17,18)15-5-4-11-13-7-14-16-11/h2-3,6-7,15H,4-5,12H2,1H3,(H,13,14,16). The van der Waals surface area contributed by atoms with Gasteiger partial charge in [-0.25, -0.2) is 18.1 Å². The van der Waals surface area contributed by atoms with Crippen molar-refractivity contribution in [2.45, 2.75) is 18.2 Å². The summed E-state index contributed by atoms with van der Waals surface area (Å²) >= 11 is 0. The molecular weight excluding hydrogens is 266 g/mol. The summed E-state index contributed by atoms with van der Waals surface area (Å²) in [5.41, 5.74) is 7.01. The van der Waals surface area contributed by atoms with Crippen LogP contribution in [0.5, 0.6) is 0 Å². The van der Waals surface area contributed by atoms with Crippen LogP contribution >= 0.6 is 0 Å². The average molecular weight is 281 g/mol. The van der Waals surface area contributed by atoms with Gasteiger partial charge in [0.25, 0.3) is 0 Å². The summed E-state index contributed by atoms with van der Waals surface area (Å²) < 4.78 is 26.5. The van der Waals surface area contributed by atoms with Gasteiger partial charge < -0.3 is 5.73 Å². The maximum absolute atomic E-state index is 12.0. The molecule has 0 aliphatic heterocycles. The minimum Gasteiger partial charge on any atom is -0.398 e. The zero-order chi connectivity index (χ0) is 13.9. The molecular formula is C11H15N5O2S. The second-order valence-electron chi connectivity index (χ2n) is 4.10. The quantitative estimate of drug-likeness (QED) is 0.678. The number of hydrogen-bond donors (Lipinski definition) is 3. The maximum atomic E-state index is 12.0. The molecule has 0 bridgehead atoms. The molecule has 0 radical (unpaired) electrons. The summed E-state index contributed by atoms with van der Waals surface area (Å²) in [6, 6.07) is 4.66. The molecule has 1 heterocycles. The van der Waals surface area contributed by atoms with Crippen LogP contribution in [0.1, 0.15) is 11.4 Å². The number of aromatic nitrogens is 3. The van der Waals surface area contributed by atoms with E-state index in [9.17, 15) is 8.42 Å². The van der Waals surface area contributed by atoms with Gasteiger partial charge in [0.05, 0.1) is 4.90 Å².